The van der Waals surface area contributed by atoms with E-state index >= 15 is 0 Å². The van der Waals surface area contributed by atoms with Gasteiger partial charge in [-0.2, -0.15) is 9.78 Å². The number of benzene rings is 1. The van der Waals surface area contributed by atoms with Crippen molar-refractivity contribution in [1.29, 1.82) is 0 Å². The molecule has 7 heteroatoms. The normalized spacial score (nSPS) is 10.4. The minimum atomic E-state index is -0.601. The van der Waals surface area contributed by atoms with Crippen LogP contribution < -0.4 is 0 Å². The third-order valence-electron chi connectivity index (χ3n) is 2.20. The Balaban J connectivity index is 2.48. The Bertz CT molecular complexity index is 590. The minimum absolute atomic E-state index is 0.0408. The van der Waals surface area contributed by atoms with Crippen molar-refractivity contribution in [2.24, 2.45) is 0 Å². The van der Waals surface area contributed by atoms with Crippen molar-refractivity contribution in [2.45, 2.75) is 6.92 Å². The lowest BCUT2D eigenvalue weighted by atomic mass is 10.2. The maximum absolute atomic E-state index is 11.5. The molecule has 7 nitrogen and oxygen atoms in total. The quantitative estimate of drug-likeness (QED) is 0.586. The molecule has 0 radical (unpaired) electrons. The molecule has 0 aliphatic rings. The van der Waals surface area contributed by atoms with Gasteiger partial charge in [0.05, 0.1) is 23.2 Å². The fourth-order valence-corrected chi connectivity index (χ4v) is 1.46. The van der Waals surface area contributed by atoms with E-state index in [1.807, 2.05) is 0 Å². The highest BCUT2D eigenvalue weighted by molar-refractivity contribution is 5.88. The zero-order valence-corrected chi connectivity index (χ0v) is 8.99. The summed E-state index contributed by atoms with van der Waals surface area (Å²) in [4.78, 5) is 21.6. The molecule has 0 aliphatic heterocycles. The summed E-state index contributed by atoms with van der Waals surface area (Å²) in [5, 5.41) is 14.9. The predicted molar refractivity (Wildman–Crippen MR) is 58.8 cm³/mol. The summed E-state index contributed by atoms with van der Waals surface area (Å²) in [6.45, 7) is 1.93. The van der Waals surface area contributed by atoms with E-state index in [1.165, 1.54) is 24.4 Å². The molecule has 0 saturated heterocycles. The van der Waals surface area contributed by atoms with Gasteiger partial charge >= 0.3 is 6.09 Å². The maximum Gasteiger partial charge on any atom is 0.435 e. The first-order valence-corrected chi connectivity index (χ1v) is 4.92. The third-order valence-corrected chi connectivity index (χ3v) is 2.20. The Morgan fingerprint density at radius 1 is 1.59 bits per heavy atom. The fraction of sp³-hybridized carbons (Fsp3) is 0.200. The first-order valence-electron chi connectivity index (χ1n) is 4.92. The molecule has 0 N–H and O–H groups in total. The van der Waals surface area contributed by atoms with Crippen molar-refractivity contribution in [3.05, 3.63) is 34.5 Å². The van der Waals surface area contributed by atoms with Crippen molar-refractivity contribution in [2.75, 3.05) is 6.61 Å². The molecule has 0 amide bonds. The Labute approximate surface area is 95.7 Å². The Morgan fingerprint density at radius 3 is 3.00 bits per heavy atom. The van der Waals surface area contributed by atoms with Crippen molar-refractivity contribution < 1.29 is 14.5 Å². The summed E-state index contributed by atoms with van der Waals surface area (Å²) in [5.74, 6) is 0. The smallest absolute Gasteiger partial charge is 0.435 e. The van der Waals surface area contributed by atoms with E-state index in [4.69, 9.17) is 4.74 Å². The number of carbonyl (C=O) groups is 1. The van der Waals surface area contributed by atoms with Gasteiger partial charge in [-0.25, -0.2) is 4.79 Å². The first kappa shape index (κ1) is 11.1. The van der Waals surface area contributed by atoms with Gasteiger partial charge in [0.15, 0.2) is 0 Å². The van der Waals surface area contributed by atoms with Crippen molar-refractivity contribution in [3.63, 3.8) is 0 Å². The zero-order valence-electron chi connectivity index (χ0n) is 8.99. The summed E-state index contributed by atoms with van der Waals surface area (Å²) in [5.41, 5.74) is 0.440. The average Bonchev–Trinajstić information content (AvgIpc) is 2.71. The molecule has 0 spiro atoms. The highest BCUT2D eigenvalue weighted by Crippen LogP contribution is 2.20. The number of nitrogens with zero attached hydrogens (tertiary/aromatic N) is 3. The average molecular weight is 235 g/mol. The van der Waals surface area contributed by atoms with E-state index < -0.39 is 11.0 Å². The molecule has 0 atom stereocenters. The number of ether oxygens (including phenoxy) is 1. The standard InChI is InChI=1S/C10H9N3O4/c1-2-17-10(14)12-9-4-3-8(13(15)16)5-7(9)6-11-12/h3-6H,2H2,1H3. The van der Waals surface area contributed by atoms with E-state index in [9.17, 15) is 14.9 Å². The minimum Gasteiger partial charge on any atom is -0.448 e. The van der Waals surface area contributed by atoms with Crippen molar-refractivity contribution >= 4 is 22.7 Å². The van der Waals surface area contributed by atoms with Gasteiger partial charge in [0.25, 0.3) is 5.69 Å². The van der Waals surface area contributed by atoms with Crippen LogP contribution >= 0.6 is 0 Å². The van der Waals surface area contributed by atoms with Gasteiger partial charge in [-0.1, -0.05) is 0 Å². The van der Waals surface area contributed by atoms with Crippen LogP contribution in [0.25, 0.3) is 10.9 Å². The highest BCUT2D eigenvalue weighted by Gasteiger charge is 2.14. The lowest BCUT2D eigenvalue weighted by molar-refractivity contribution is -0.384. The molecule has 2 rings (SSSR count). The molecular formula is C10H9N3O4. The molecule has 0 saturated carbocycles. The summed E-state index contributed by atoms with van der Waals surface area (Å²) >= 11 is 0. The molecule has 0 bridgehead atoms. The molecule has 0 aliphatic carbocycles. The SMILES string of the molecule is CCOC(=O)n1ncc2cc([N+](=O)[O-])ccc21. The van der Waals surface area contributed by atoms with Crippen LogP contribution in [-0.2, 0) is 4.74 Å². The largest absolute Gasteiger partial charge is 0.448 e. The second-order valence-corrected chi connectivity index (χ2v) is 3.26. The third kappa shape index (κ3) is 1.94. The van der Waals surface area contributed by atoms with Gasteiger partial charge in [-0.3, -0.25) is 10.1 Å². The van der Waals surface area contributed by atoms with E-state index in [1.54, 1.807) is 6.92 Å². The molecule has 1 aromatic heterocycles. The van der Waals surface area contributed by atoms with Crippen LogP contribution in [0.3, 0.4) is 0 Å². The van der Waals surface area contributed by atoms with Crippen LogP contribution in [0.2, 0.25) is 0 Å². The monoisotopic (exact) mass is 235 g/mol. The van der Waals surface area contributed by atoms with Gasteiger partial charge in [-0.05, 0) is 13.0 Å². The van der Waals surface area contributed by atoms with Gasteiger partial charge in [0.2, 0.25) is 0 Å². The molecule has 2 aromatic rings. The van der Waals surface area contributed by atoms with Crippen LogP contribution in [0.4, 0.5) is 10.5 Å². The summed E-state index contributed by atoms with van der Waals surface area (Å²) in [6.07, 6.45) is 0.788. The van der Waals surface area contributed by atoms with Crippen molar-refractivity contribution in [3.8, 4) is 0 Å². The number of aromatic nitrogens is 2. The molecule has 1 heterocycles. The number of carbonyl (C=O) groups excluding carboxylic acids is 1. The zero-order chi connectivity index (χ0) is 12.4. The van der Waals surface area contributed by atoms with E-state index in [0.717, 1.165) is 4.68 Å². The number of nitro benzene ring substituents is 1. The fourth-order valence-electron chi connectivity index (χ4n) is 1.46. The predicted octanol–water partition coefficient (Wildman–Crippen LogP) is 1.95. The molecule has 17 heavy (non-hydrogen) atoms. The number of rotatable bonds is 2. The van der Waals surface area contributed by atoms with E-state index in [2.05, 4.69) is 5.10 Å². The number of fused-ring (bicyclic) bond motifs is 1. The van der Waals surface area contributed by atoms with Gasteiger partial charge < -0.3 is 4.74 Å². The van der Waals surface area contributed by atoms with E-state index in [0.29, 0.717) is 10.9 Å². The number of hydrogen-bond donors (Lipinski definition) is 0. The number of non-ortho nitro benzene ring substituents is 1. The summed E-state index contributed by atoms with van der Waals surface area (Å²) in [7, 11) is 0. The lowest BCUT2D eigenvalue weighted by Crippen LogP contribution is -2.14. The topological polar surface area (TPSA) is 87.3 Å². The van der Waals surface area contributed by atoms with Gasteiger partial charge in [0.1, 0.15) is 0 Å². The van der Waals surface area contributed by atoms with Crippen LogP contribution in [0.1, 0.15) is 6.92 Å². The van der Waals surface area contributed by atoms with Crippen LogP contribution in [0, 0.1) is 10.1 Å². The molecular weight excluding hydrogens is 226 g/mol. The first-order chi connectivity index (χ1) is 8.13. The molecule has 1 aromatic carbocycles. The van der Waals surface area contributed by atoms with Crippen LogP contribution in [0.15, 0.2) is 24.4 Å². The van der Waals surface area contributed by atoms with Gasteiger partial charge in [-0.15, -0.1) is 0 Å². The summed E-state index contributed by atoms with van der Waals surface area (Å²) in [6, 6.07) is 4.15. The van der Waals surface area contributed by atoms with Crippen LogP contribution in [0.5, 0.6) is 0 Å². The number of nitro groups is 1. The Morgan fingerprint density at radius 2 is 2.35 bits per heavy atom. The van der Waals surface area contributed by atoms with Gasteiger partial charge in [0, 0.05) is 17.5 Å². The maximum atomic E-state index is 11.5. The van der Waals surface area contributed by atoms with Crippen LogP contribution in [-0.4, -0.2) is 27.4 Å². The molecule has 88 valence electrons. The number of hydrogen-bond acceptors (Lipinski definition) is 5. The second-order valence-electron chi connectivity index (χ2n) is 3.26. The highest BCUT2D eigenvalue weighted by atomic mass is 16.6. The van der Waals surface area contributed by atoms with Crippen molar-refractivity contribution in [1.82, 2.24) is 9.78 Å². The Hall–Kier alpha value is -2.44. The Kier molecular flexibility index (Phi) is 2.73. The molecule has 0 unspecified atom stereocenters. The molecule has 0 fully saturated rings. The summed E-state index contributed by atoms with van der Waals surface area (Å²) < 4.78 is 5.87. The lowest BCUT2D eigenvalue weighted by Gasteiger charge is -2.01. The van der Waals surface area contributed by atoms with E-state index in [-0.39, 0.29) is 12.3 Å². The second kappa shape index (κ2) is 4.20.